The molecule has 0 aliphatic heterocycles. The lowest BCUT2D eigenvalue weighted by Crippen LogP contribution is -2.25. The molecule has 1 aliphatic rings. The maximum atomic E-state index is 4.78. The zero-order chi connectivity index (χ0) is 14.4. The van der Waals surface area contributed by atoms with Gasteiger partial charge in [0.05, 0.1) is 5.69 Å². The van der Waals surface area contributed by atoms with Crippen LogP contribution in [-0.2, 0) is 6.54 Å². The Hall–Kier alpha value is -1.09. The predicted molar refractivity (Wildman–Crippen MR) is 86.0 cm³/mol. The van der Waals surface area contributed by atoms with Gasteiger partial charge in [0.15, 0.2) is 0 Å². The van der Waals surface area contributed by atoms with Gasteiger partial charge in [0.25, 0.3) is 0 Å². The number of nitrogens with zero attached hydrogens (tertiary/aromatic N) is 2. The van der Waals surface area contributed by atoms with Crippen LogP contribution >= 0.6 is 0 Å². The molecule has 1 N–H and O–H groups in total. The van der Waals surface area contributed by atoms with Gasteiger partial charge in [-0.25, -0.2) is 4.98 Å². The van der Waals surface area contributed by atoms with Crippen molar-refractivity contribution in [3.63, 3.8) is 0 Å². The lowest BCUT2D eigenvalue weighted by molar-refractivity contribution is 0.540. The second-order valence-corrected chi connectivity index (χ2v) is 6.54. The largest absolute Gasteiger partial charge is 0.359 e. The summed E-state index contributed by atoms with van der Waals surface area (Å²) in [5.41, 5.74) is 1.14. The van der Waals surface area contributed by atoms with E-state index < -0.39 is 0 Å². The number of hydrogen-bond donors (Lipinski definition) is 1. The van der Waals surface area contributed by atoms with Crippen LogP contribution in [0.5, 0.6) is 0 Å². The molecule has 2 rings (SSSR count). The molecule has 0 unspecified atom stereocenters. The smallest absolute Gasteiger partial charge is 0.128 e. The molecule has 0 spiro atoms. The van der Waals surface area contributed by atoms with E-state index in [2.05, 4.69) is 49.3 Å². The monoisotopic (exact) mass is 275 g/mol. The van der Waals surface area contributed by atoms with Crippen molar-refractivity contribution in [3.8, 4) is 0 Å². The second kappa shape index (κ2) is 7.63. The lowest BCUT2D eigenvalue weighted by Gasteiger charge is -2.22. The number of hydrogen-bond acceptors (Lipinski definition) is 3. The van der Waals surface area contributed by atoms with Crippen LogP contribution in [0.2, 0.25) is 0 Å². The molecule has 0 radical (unpaired) electrons. The van der Waals surface area contributed by atoms with Gasteiger partial charge in [-0.05, 0) is 43.4 Å². The molecule has 0 atom stereocenters. The minimum absolute atomic E-state index is 0.684. The van der Waals surface area contributed by atoms with Gasteiger partial charge < -0.3 is 10.2 Å². The molecule has 1 aliphatic carbocycles. The molecule has 1 heterocycles. The molecule has 0 aromatic carbocycles. The number of anilines is 1. The molecule has 3 nitrogen and oxygen atoms in total. The summed E-state index contributed by atoms with van der Waals surface area (Å²) in [6.07, 6.45) is 5.59. The Kier molecular flexibility index (Phi) is 5.84. The topological polar surface area (TPSA) is 28.2 Å². The third-order valence-electron chi connectivity index (χ3n) is 4.05. The first-order chi connectivity index (χ1) is 9.65. The first-order valence-corrected chi connectivity index (χ1v) is 8.03. The van der Waals surface area contributed by atoms with E-state index in [0.29, 0.717) is 5.92 Å². The highest BCUT2D eigenvalue weighted by Crippen LogP contribution is 2.26. The van der Waals surface area contributed by atoms with E-state index in [1.54, 1.807) is 0 Å². The van der Waals surface area contributed by atoms with Crippen LogP contribution in [0.3, 0.4) is 0 Å². The number of rotatable bonds is 7. The average Bonchev–Trinajstić information content (AvgIpc) is 2.91. The molecule has 0 amide bonds. The lowest BCUT2D eigenvalue weighted by atomic mass is 10.1. The number of nitrogens with one attached hydrogen (secondary N) is 1. The van der Waals surface area contributed by atoms with E-state index in [1.165, 1.54) is 25.7 Å². The van der Waals surface area contributed by atoms with Gasteiger partial charge >= 0.3 is 0 Å². The third-order valence-corrected chi connectivity index (χ3v) is 4.05. The molecule has 0 saturated heterocycles. The van der Waals surface area contributed by atoms with Crippen LogP contribution in [0.1, 0.15) is 45.2 Å². The van der Waals surface area contributed by atoms with Gasteiger partial charge in [-0.3, -0.25) is 0 Å². The van der Waals surface area contributed by atoms with Crippen molar-refractivity contribution in [1.82, 2.24) is 10.3 Å². The summed E-state index contributed by atoms with van der Waals surface area (Å²) in [6, 6.07) is 6.36. The highest BCUT2D eigenvalue weighted by atomic mass is 15.2. The standard InChI is InChI=1S/C17H29N3/c1-14(2)11-18-12-16-9-6-10-17(19-16)20(3)13-15-7-4-5-8-15/h6,9-10,14-15,18H,4-5,7-8,11-13H2,1-3H3. The maximum absolute atomic E-state index is 4.78. The van der Waals surface area contributed by atoms with Crippen molar-refractivity contribution in [2.45, 2.75) is 46.1 Å². The zero-order valence-electron chi connectivity index (χ0n) is 13.2. The summed E-state index contributed by atoms with van der Waals surface area (Å²) in [7, 11) is 2.17. The molecule has 0 bridgehead atoms. The summed E-state index contributed by atoms with van der Waals surface area (Å²) < 4.78 is 0. The summed E-state index contributed by atoms with van der Waals surface area (Å²) in [5.74, 6) is 2.66. The average molecular weight is 275 g/mol. The normalized spacial score (nSPS) is 16.0. The van der Waals surface area contributed by atoms with Gasteiger partial charge in [0.1, 0.15) is 5.82 Å². The molecule has 20 heavy (non-hydrogen) atoms. The first-order valence-electron chi connectivity index (χ1n) is 8.03. The fourth-order valence-corrected chi connectivity index (χ4v) is 2.94. The number of pyridine rings is 1. The van der Waals surface area contributed by atoms with Crippen molar-refractivity contribution >= 4 is 5.82 Å². The highest BCUT2D eigenvalue weighted by molar-refractivity contribution is 5.38. The van der Waals surface area contributed by atoms with Crippen LogP contribution < -0.4 is 10.2 Å². The van der Waals surface area contributed by atoms with Crippen molar-refractivity contribution in [1.29, 1.82) is 0 Å². The molecule has 1 saturated carbocycles. The zero-order valence-corrected chi connectivity index (χ0v) is 13.2. The van der Waals surface area contributed by atoms with Crippen molar-refractivity contribution in [3.05, 3.63) is 23.9 Å². The van der Waals surface area contributed by atoms with E-state index in [-0.39, 0.29) is 0 Å². The van der Waals surface area contributed by atoms with Gasteiger partial charge in [-0.2, -0.15) is 0 Å². The maximum Gasteiger partial charge on any atom is 0.128 e. The molecule has 1 aromatic heterocycles. The van der Waals surface area contributed by atoms with Crippen molar-refractivity contribution in [2.75, 3.05) is 25.0 Å². The highest BCUT2D eigenvalue weighted by Gasteiger charge is 2.17. The van der Waals surface area contributed by atoms with Crippen LogP contribution in [0.15, 0.2) is 18.2 Å². The molecule has 3 heteroatoms. The summed E-state index contributed by atoms with van der Waals surface area (Å²) in [5, 5.41) is 3.46. The third kappa shape index (κ3) is 4.78. The minimum atomic E-state index is 0.684. The van der Waals surface area contributed by atoms with Crippen LogP contribution in [-0.4, -0.2) is 25.1 Å². The Morgan fingerprint density at radius 2 is 2.05 bits per heavy atom. The van der Waals surface area contributed by atoms with Gasteiger partial charge in [-0.1, -0.05) is 32.8 Å². The SMILES string of the molecule is CC(C)CNCc1cccc(N(C)CC2CCCC2)n1. The summed E-state index contributed by atoms with van der Waals surface area (Å²) >= 11 is 0. The number of aromatic nitrogens is 1. The van der Waals surface area contributed by atoms with Crippen molar-refractivity contribution < 1.29 is 0 Å². The second-order valence-electron chi connectivity index (χ2n) is 6.54. The van der Waals surface area contributed by atoms with Gasteiger partial charge in [-0.15, -0.1) is 0 Å². The molecular weight excluding hydrogens is 246 g/mol. The van der Waals surface area contributed by atoms with E-state index >= 15 is 0 Å². The Morgan fingerprint density at radius 1 is 1.30 bits per heavy atom. The van der Waals surface area contributed by atoms with Crippen LogP contribution in [0.4, 0.5) is 5.82 Å². The molecule has 112 valence electrons. The van der Waals surface area contributed by atoms with E-state index in [0.717, 1.165) is 37.1 Å². The summed E-state index contributed by atoms with van der Waals surface area (Å²) in [6.45, 7) is 7.52. The molecule has 1 fully saturated rings. The van der Waals surface area contributed by atoms with Crippen LogP contribution in [0.25, 0.3) is 0 Å². The summed E-state index contributed by atoms with van der Waals surface area (Å²) in [4.78, 5) is 7.10. The molecule has 1 aromatic rings. The van der Waals surface area contributed by atoms with Crippen molar-refractivity contribution in [2.24, 2.45) is 11.8 Å². The van der Waals surface area contributed by atoms with Gasteiger partial charge in [0, 0.05) is 20.1 Å². The first kappa shape index (κ1) is 15.3. The van der Waals surface area contributed by atoms with E-state index in [4.69, 9.17) is 4.98 Å². The Bertz CT molecular complexity index is 397. The van der Waals surface area contributed by atoms with E-state index in [1.807, 2.05) is 0 Å². The van der Waals surface area contributed by atoms with E-state index in [9.17, 15) is 0 Å². The Labute approximate surface area is 123 Å². The Morgan fingerprint density at radius 3 is 2.75 bits per heavy atom. The Balaban J connectivity index is 1.87. The molecular formula is C17H29N3. The quantitative estimate of drug-likeness (QED) is 0.826. The fraction of sp³-hybridized carbons (Fsp3) is 0.706. The van der Waals surface area contributed by atoms with Gasteiger partial charge in [0.2, 0.25) is 0 Å². The fourth-order valence-electron chi connectivity index (χ4n) is 2.94. The predicted octanol–water partition coefficient (Wildman–Crippen LogP) is 3.45. The van der Waals surface area contributed by atoms with Crippen LogP contribution in [0, 0.1) is 11.8 Å². The minimum Gasteiger partial charge on any atom is -0.359 e.